The largest absolute Gasteiger partial charge is 0.481 e. The third kappa shape index (κ3) is 3.72. The van der Waals surface area contributed by atoms with E-state index in [1.54, 1.807) is 13.8 Å². The first kappa shape index (κ1) is 16.0. The van der Waals surface area contributed by atoms with Gasteiger partial charge in [0, 0.05) is 6.04 Å². The monoisotopic (exact) mass is 289 g/mol. The van der Waals surface area contributed by atoms with Gasteiger partial charge in [0.05, 0.1) is 12.0 Å². The zero-order chi connectivity index (χ0) is 15.4. The number of aliphatic carboxylic acids is 1. The molecule has 0 bridgehead atoms. The third-order valence-electron chi connectivity index (χ3n) is 2.80. The molecule has 1 atom stereocenters. The summed E-state index contributed by atoms with van der Waals surface area (Å²) in [5.74, 6) is -7.07. The number of benzene rings is 1. The molecule has 0 aliphatic rings. The van der Waals surface area contributed by atoms with Gasteiger partial charge in [-0.3, -0.25) is 9.59 Å². The summed E-state index contributed by atoms with van der Waals surface area (Å²) >= 11 is 0. The number of carboxylic acid groups (broad SMARTS) is 1. The number of rotatable bonds is 5. The molecule has 1 rings (SSSR count). The topological polar surface area (TPSA) is 66.4 Å². The Morgan fingerprint density at radius 3 is 2.30 bits per heavy atom. The molecular formula is C13H14F3NO3. The summed E-state index contributed by atoms with van der Waals surface area (Å²) in [6.07, 6.45) is -0.352. The molecule has 0 radical (unpaired) electrons. The zero-order valence-electron chi connectivity index (χ0n) is 10.9. The average molecular weight is 289 g/mol. The second kappa shape index (κ2) is 6.40. The van der Waals surface area contributed by atoms with Crippen LogP contribution in [0.1, 0.15) is 30.6 Å². The molecule has 0 heterocycles. The number of hydrogen-bond donors (Lipinski definition) is 2. The Balaban J connectivity index is 2.95. The maximum atomic E-state index is 13.4. The fourth-order valence-electron chi connectivity index (χ4n) is 1.59. The molecule has 110 valence electrons. The summed E-state index contributed by atoms with van der Waals surface area (Å²) < 4.78 is 39.2. The Bertz CT molecular complexity index is 532. The lowest BCUT2D eigenvalue weighted by atomic mass is 10.0. The van der Waals surface area contributed by atoms with Crippen LogP contribution in [0.5, 0.6) is 0 Å². The van der Waals surface area contributed by atoms with Crippen LogP contribution < -0.4 is 5.32 Å². The molecule has 7 heteroatoms. The standard InChI is InChI=1S/C13H14F3NO3/c1-6(2)9(5-10(18)19)17-13(20)7-3-4-8(14)12(16)11(7)15/h3-4,6,9H,5H2,1-2H3,(H,17,20)(H,18,19). The molecule has 0 saturated carbocycles. The van der Waals surface area contributed by atoms with E-state index in [0.717, 1.165) is 6.07 Å². The fourth-order valence-corrected chi connectivity index (χ4v) is 1.59. The molecule has 4 nitrogen and oxygen atoms in total. The molecule has 0 saturated heterocycles. The maximum absolute atomic E-state index is 13.4. The average Bonchev–Trinajstić information content (AvgIpc) is 2.34. The normalized spacial score (nSPS) is 12.3. The Kier molecular flexibility index (Phi) is 5.12. The highest BCUT2D eigenvalue weighted by Gasteiger charge is 2.23. The number of carbonyl (C=O) groups is 2. The van der Waals surface area contributed by atoms with Crippen LogP contribution in [0, 0.1) is 23.4 Å². The van der Waals surface area contributed by atoms with Gasteiger partial charge in [0.2, 0.25) is 0 Å². The minimum atomic E-state index is -1.74. The first-order valence-corrected chi connectivity index (χ1v) is 5.90. The highest BCUT2D eigenvalue weighted by atomic mass is 19.2. The summed E-state index contributed by atoms with van der Waals surface area (Å²) in [6.45, 7) is 3.35. The number of amides is 1. The van der Waals surface area contributed by atoms with Crippen LogP contribution in [0.4, 0.5) is 13.2 Å². The highest BCUT2D eigenvalue weighted by Crippen LogP contribution is 2.16. The highest BCUT2D eigenvalue weighted by molar-refractivity contribution is 5.94. The smallest absolute Gasteiger partial charge is 0.305 e. The molecule has 0 spiro atoms. The lowest BCUT2D eigenvalue weighted by Crippen LogP contribution is -2.40. The number of carboxylic acids is 1. The molecular weight excluding hydrogens is 275 g/mol. The van der Waals surface area contributed by atoms with Crippen molar-refractivity contribution >= 4 is 11.9 Å². The molecule has 0 aromatic heterocycles. The van der Waals surface area contributed by atoms with Gasteiger partial charge in [-0.25, -0.2) is 13.2 Å². The predicted octanol–water partition coefficient (Wildman–Crippen LogP) is 2.33. The van der Waals surface area contributed by atoms with Gasteiger partial charge < -0.3 is 10.4 Å². The van der Waals surface area contributed by atoms with Gasteiger partial charge in [0.15, 0.2) is 17.5 Å². The van der Waals surface area contributed by atoms with Crippen LogP contribution in [-0.4, -0.2) is 23.0 Å². The molecule has 0 aliphatic carbocycles. The van der Waals surface area contributed by atoms with Crippen molar-refractivity contribution < 1.29 is 27.9 Å². The molecule has 1 unspecified atom stereocenters. The van der Waals surface area contributed by atoms with E-state index in [-0.39, 0.29) is 12.3 Å². The second-order valence-electron chi connectivity index (χ2n) is 4.64. The number of halogens is 3. The molecule has 2 N–H and O–H groups in total. The summed E-state index contributed by atoms with van der Waals surface area (Å²) in [5, 5.41) is 11.0. The Morgan fingerprint density at radius 2 is 1.80 bits per heavy atom. The van der Waals surface area contributed by atoms with Gasteiger partial charge in [0.25, 0.3) is 5.91 Å². The Hall–Kier alpha value is -2.05. The van der Waals surface area contributed by atoms with Crippen LogP contribution in [0.2, 0.25) is 0 Å². The van der Waals surface area contributed by atoms with Gasteiger partial charge >= 0.3 is 5.97 Å². The minimum absolute atomic E-state index is 0.219. The van der Waals surface area contributed by atoms with Gasteiger partial charge in [-0.05, 0) is 18.1 Å². The van der Waals surface area contributed by atoms with Crippen molar-refractivity contribution in [1.82, 2.24) is 5.32 Å². The van der Waals surface area contributed by atoms with Gasteiger partial charge in [-0.15, -0.1) is 0 Å². The second-order valence-corrected chi connectivity index (χ2v) is 4.64. The maximum Gasteiger partial charge on any atom is 0.305 e. The van der Waals surface area contributed by atoms with Crippen LogP contribution >= 0.6 is 0 Å². The van der Waals surface area contributed by atoms with Crippen molar-refractivity contribution in [2.45, 2.75) is 26.3 Å². The summed E-state index contributed by atoms with van der Waals surface area (Å²) in [5.41, 5.74) is -0.667. The summed E-state index contributed by atoms with van der Waals surface area (Å²) in [4.78, 5) is 22.5. The van der Waals surface area contributed by atoms with Gasteiger partial charge in [-0.2, -0.15) is 0 Å². The third-order valence-corrected chi connectivity index (χ3v) is 2.80. The van der Waals surface area contributed by atoms with Crippen molar-refractivity contribution in [1.29, 1.82) is 0 Å². The molecule has 0 aliphatic heterocycles. The SMILES string of the molecule is CC(C)C(CC(=O)O)NC(=O)c1ccc(F)c(F)c1F. The van der Waals surface area contributed by atoms with Crippen LogP contribution in [0.3, 0.4) is 0 Å². The molecule has 1 aromatic rings. The quantitative estimate of drug-likeness (QED) is 0.818. The fraction of sp³-hybridized carbons (Fsp3) is 0.385. The number of carbonyl (C=O) groups excluding carboxylic acids is 1. The van der Waals surface area contributed by atoms with Crippen molar-refractivity contribution in [2.75, 3.05) is 0 Å². The van der Waals surface area contributed by atoms with Crippen LogP contribution in [-0.2, 0) is 4.79 Å². The van der Waals surface area contributed by atoms with Crippen LogP contribution in [0.25, 0.3) is 0 Å². The van der Waals surface area contributed by atoms with E-state index < -0.39 is 40.9 Å². The first-order chi connectivity index (χ1) is 9.23. The summed E-state index contributed by atoms with van der Waals surface area (Å²) in [7, 11) is 0. The van der Waals surface area contributed by atoms with E-state index in [9.17, 15) is 22.8 Å². The van der Waals surface area contributed by atoms with Crippen molar-refractivity contribution in [2.24, 2.45) is 5.92 Å². The first-order valence-electron chi connectivity index (χ1n) is 5.90. The Morgan fingerprint density at radius 1 is 1.20 bits per heavy atom. The van der Waals surface area contributed by atoms with Crippen LogP contribution in [0.15, 0.2) is 12.1 Å². The predicted molar refractivity (Wildman–Crippen MR) is 64.7 cm³/mol. The van der Waals surface area contributed by atoms with E-state index in [4.69, 9.17) is 5.11 Å². The molecule has 0 fully saturated rings. The van der Waals surface area contributed by atoms with Gasteiger partial charge in [0.1, 0.15) is 0 Å². The molecule has 1 amide bonds. The van der Waals surface area contributed by atoms with Gasteiger partial charge in [-0.1, -0.05) is 13.8 Å². The number of nitrogens with one attached hydrogen (secondary N) is 1. The minimum Gasteiger partial charge on any atom is -0.481 e. The van der Waals surface area contributed by atoms with E-state index in [1.165, 1.54) is 0 Å². The Labute approximate surface area is 113 Å². The van der Waals surface area contributed by atoms with Crippen molar-refractivity contribution in [3.8, 4) is 0 Å². The molecule has 20 heavy (non-hydrogen) atoms. The zero-order valence-corrected chi connectivity index (χ0v) is 10.9. The van der Waals surface area contributed by atoms with E-state index >= 15 is 0 Å². The van der Waals surface area contributed by atoms with E-state index in [1.807, 2.05) is 0 Å². The number of hydrogen-bond acceptors (Lipinski definition) is 2. The lowest BCUT2D eigenvalue weighted by Gasteiger charge is -2.20. The molecule has 1 aromatic carbocycles. The van der Waals surface area contributed by atoms with Crippen molar-refractivity contribution in [3.05, 3.63) is 35.1 Å². The summed E-state index contributed by atoms with van der Waals surface area (Å²) in [6, 6.07) is 0.698. The van der Waals surface area contributed by atoms with Crippen molar-refractivity contribution in [3.63, 3.8) is 0 Å². The van der Waals surface area contributed by atoms with E-state index in [2.05, 4.69) is 5.32 Å². The lowest BCUT2D eigenvalue weighted by molar-refractivity contribution is -0.137. The van der Waals surface area contributed by atoms with E-state index in [0.29, 0.717) is 6.07 Å².